The lowest BCUT2D eigenvalue weighted by Crippen LogP contribution is -2.00. The molecule has 0 atom stereocenters. The van der Waals surface area contributed by atoms with Gasteiger partial charge in [-0.15, -0.1) is 0 Å². The maximum atomic E-state index is 10.6. The van der Waals surface area contributed by atoms with Crippen LogP contribution in [0.5, 0.6) is 0 Å². The Kier molecular flexibility index (Phi) is 149. The summed E-state index contributed by atoms with van der Waals surface area (Å²) < 4.78 is 24.4. The number of carbonyl (C=O) groups excluding carboxylic acids is 6. The number of unbranched alkanes of at least 4 members (excludes halogenated alkanes) is 65. The van der Waals surface area contributed by atoms with Gasteiger partial charge in [0.1, 0.15) is 6.29 Å². The summed E-state index contributed by atoms with van der Waals surface area (Å²) >= 11 is 0. The number of hydrogen-bond donors (Lipinski definition) is 0. The van der Waals surface area contributed by atoms with E-state index >= 15 is 0 Å². The number of aldehydes is 1. The molecule has 0 aliphatic carbocycles. The summed E-state index contributed by atoms with van der Waals surface area (Å²) in [6.07, 6.45) is 141. The van der Waals surface area contributed by atoms with Crippen molar-refractivity contribution in [3.05, 3.63) is 97.2 Å². The van der Waals surface area contributed by atoms with Gasteiger partial charge in [-0.25, -0.2) is 0 Å². The average molecular weight is 1850 g/mol. The number of rotatable bonds is 92. The van der Waals surface area contributed by atoms with Crippen LogP contribution in [0.25, 0.3) is 0 Å². The molecule has 0 bridgehead atoms. The molecule has 772 valence electrons. The average Bonchev–Trinajstić information content (AvgIpc) is 1.12. The molecule has 0 spiro atoms. The van der Waals surface area contributed by atoms with Crippen LogP contribution in [0.4, 0.5) is 0 Å². The smallest absolute Gasteiger partial charge is 0.302 e. The molecule has 0 radical (unpaired) electrons. The molecule has 0 amide bonds. The van der Waals surface area contributed by atoms with E-state index < -0.39 is 0 Å². The van der Waals surface area contributed by atoms with Crippen LogP contribution in [0.1, 0.15) is 604 Å². The summed E-state index contributed by atoms with van der Waals surface area (Å²) in [5, 5.41) is 0. The Balaban J connectivity index is -0.000000275. The molecule has 0 rings (SSSR count). The normalized spacial score (nSPS) is 11.2. The summed E-state index contributed by atoms with van der Waals surface area (Å²) in [6.45, 7) is 28.2. The molecular formula is C120H226O11. The van der Waals surface area contributed by atoms with Gasteiger partial charge in [0.15, 0.2) is 0 Å². The topological polar surface area (TPSA) is 149 Å². The Bertz CT molecular complexity index is 2400. The molecule has 0 aliphatic rings. The minimum Gasteiger partial charge on any atom is -0.466 e. The molecule has 0 N–H and O–H groups in total. The van der Waals surface area contributed by atoms with Gasteiger partial charge in [0.25, 0.3) is 0 Å². The standard InChI is InChI=1S/C23H46.C18H34O2.C18H32O2.C16H30O2.C16H30O.C15H28O2.C14H26O2/c1-3-5-7-9-11-13-15-17-19-21-23-22-20-18-16-14-12-10-8-6-4-2;2*1-3-4-5-6-7-8-9-10-11-12-13-14-15-16-17-20-18(2)19;1-3-4-5-6-7-8-9-10-11-12-13-14-15-18-16(2)17;1-2-3-4-5-6-7-8-9-10-11-12-13-14-15-16-17;1-3-4-5-6-7-8-9-10-11-12-13-14-17-15(2)16;1-3-4-5-6-7-8-9-10-11-12-13-16-14(2)15/h17,19H,3-16,18,20-23H2,1-2H3;6-7H,3-5,8-17H2,1-2H3;6-7,10-11H,3-5,8-9,12-17H2,1-2H3;4-5H,3,6-15H2,1-2H3;5-6,16H,2-4,7-15H2,1H3;10-11H,3-9,12-14H2,1-2H3;5-6H,3-4,7-13H2,1-2H3/b19-17-;7-6-;7-6+,11-10-;5-4-;6-5-;11-10-;6-5-. The van der Waals surface area contributed by atoms with Gasteiger partial charge in [-0.2, -0.15) is 0 Å². The highest BCUT2D eigenvalue weighted by molar-refractivity contribution is 5.67. The second kappa shape index (κ2) is 140. The van der Waals surface area contributed by atoms with E-state index in [9.17, 15) is 28.8 Å². The highest BCUT2D eigenvalue weighted by Crippen LogP contribution is 2.18. The van der Waals surface area contributed by atoms with Crippen LogP contribution in [0, 0.1) is 0 Å². The third-order valence-electron chi connectivity index (χ3n) is 22.7. The summed E-state index contributed by atoms with van der Waals surface area (Å²) in [5.74, 6) is -0.834. The summed E-state index contributed by atoms with van der Waals surface area (Å²) in [4.78, 5) is 62.7. The molecule has 0 aromatic rings. The number of esters is 5. The number of ether oxygens (including phenoxy) is 5. The molecule has 0 aliphatic heterocycles. The van der Waals surface area contributed by atoms with E-state index in [1.807, 2.05) is 0 Å². The lowest BCUT2D eigenvalue weighted by molar-refractivity contribution is -0.142. The summed E-state index contributed by atoms with van der Waals surface area (Å²) in [7, 11) is 0. The van der Waals surface area contributed by atoms with Crippen LogP contribution in [0.15, 0.2) is 97.2 Å². The quantitative estimate of drug-likeness (QED) is 0.0188. The van der Waals surface area contributed by atoms with Crippen LogP contribution in [-0.2, 0) is 52.5 Å². The third-order valence-corrected chi connectivity index (χ3v) is 22.7. The van der Waals surface area contributed by atoms with E-state index in [2.05, 4.69) is 153 Å². The van der Waals surface area contributed by atoms with Crippen molar-refractivity contribution in [2.24, 2.45) is 0 Å². The predicted molar refractivity (Wildman–Crippen MR) is 577 cm³/mol. The monoisotopic (exact) mass is 1840 g/mol. The highest BCUT2D eigenvalue weighted by Gasteiger charge is 2.02. The van der Waals surface area contributed by atoms with Gasteiger partial charge in [-0.3, -0.25) is 24.0 Å². The SMILES string of the molecule is CC/C=C\CCCCCCCCCCOC(C)=O.CCC/C=C\CCCCCCCOC(C)=O.CCCC/C=C/CC/C=C\CCCCCCOC(C)=O.CCCC/C=C\CCCCCCCCCC=O.CCCC/C=C\CCCCCCCCCCOC(C)=O.CCCCCCCC/C=C\CCCCCCCCCCCCC.CCCCCCCC/C=C\CCCOC(C)=O. The molecule has 0 fully saturated rings. The molecule has 11 nitrogen and oxygen atoms in total. The lowest BCUT2D eigenvalue weighted by Gasteiger charge is -2.02. The maximum Gasteiger partial charge on any atom is 0.302 e. The Morgan fingerprint density at radius 2 is 0.290 bits per heavy atom. The summed E-state index contributed by atoms with van der Waals surface area (Å²) in [5.41, 5.74) is 0. The number of allylic oxidation sites excluding steroid dienone is 16. The van der Waals surface area contributed by atoms with Gasteiger partial charge in [0.05, 0.1) is 33.0 Å². The van der Waals surface area contributed by atoms with E-state index in [0.717, 1.165) is 76.9 Å². The zero-order valence-electron chi connectivity index (χ0n) is 89.9. The lowest BCUT2D eigenvalue weighted by atomic mass is 10.1. The molecule has 0 unspecified atom stereocenters. The highest BCUT2D eigenvalue weighted by atomic mass is 16.5. The first-order valence-electron chi connectivity index (χ1n) is 56.5. The van der Waals surface area contributed by atoms with Gasteiger partial charge >= 0.3 is 29.8 Å². The third kappa shape index (κ3) is 171. The first-order valence-corrected chi connectivity index (χ1v) is 56.5. The molecule has 0 heterocycles. The van der Waals surface area contributed by atoms with Gasteiger partial charge in [0, 0.05) is 41.0 Å². The maximum absolute atomic E-state index is 10.6. The largest absolute Gasteiger partial charge is 0.466 e. The minimum absolute atomic E-state index is 0.159. The van der Waals surface area contributed by atoms with Crippen molar-refractivity contribution in [3.8, 4) is 0 Å². The molecule has 131 heavy (non-hydrogen) atoms. The minimum atomic E-state index is -0.180. The van der Waals surface area contributed by atoms with Gasteiger partial charge in [0.2, 0.25) is 0 Å². The first kappa shape index (κ1) is 139. The Morgan fingerprint density at radius 3 is 0.473 bits per heavy atom. The Hall–Kier alpha value is -5.06. The fourth-order valence-electron chi connectivity index (χ4n) is 14.4. The van der Waals surface area contributed by atoms with Gasteiger partial charge in [-0.1, -0.05) is 467 Å². The Labute approximate surface area is 817 Å². The predicted octanol–water partition coefficient (Wildman–Crippen LogP) is 39.7. The second-order valence-corrected chi connectivity index (χ2v) is 36.5. The zero-order chi connectivity index (χ0) is 97.5. The van der Waals surface area contributed by atoms with Crippen molar-refractivity contribution >= 4 is 36.1 Å². The van der Waals surface area contributed by atoms with E-state index in [1.54, 1.807) is 0 Å². The summed E-state index contributed by atoms with van der Waals surface area (Å²) in [6, 6.07) is 0. The molecule has 11 heteroatoms. The van der Waals surface area contributed by atoms with Crippen LogP contribution >= 0.6 is 0 Å². The van der Waals surface area contributed by atoms with E-state index in [4.69, 9.17) is 23.7 Å². The van der Waals surface area contributed by atoms with Crippen LogP contribution in [0.2, 0.25) is 0 Å². The number of hydrogen-bond acceptors (Lipinski definition) is 11. The van der Waals surface area contributed by atoms with Crippen molar-refractivity contribution in [2.45, 2.75) is 604 Å². The fraction of sp³-hybridized carbons (Fsp3) is 0.817. The molecule has 0 saturated carbocycles. The van der Waals surface area contributed by atoms with Crippen molar-refractivity contribution in [3.63, 3.8) is 0 Å². The zero-order valence-corrected chi connectivity index (χ0v) is 89.9. The van der Waals surface area contributed by atoms with Crippen LogP contribution < -0.4 is 0 Å². The van der Waals surface area contributed by atoms with Crippen molar-refractivity contribution in [1.82, 2.24) is 0 Å². The second-order valence-electron chi connectivity index (χ2n) is 36.5. The van der Waals surface area contributed by atoms with Gasteiger partial charge in [-0.05, 0) is 193 Å². The van der Waals surface area contributed by atoms with Crippen molar-refractivity contribution < 1.29 is 52.5 Å². The van der Waals surface area contributed by atoms with E-state index in [0.29, 0.717) is 33.0 Å². The van der Waals surface area contributed by atoms with Crippen molar-refractivity contribution in [2.75, 3.05) is 33.0 Å². The van der Waals surface area contributed by atoms with Crippen molar-refractivity contribution in [1.29, 1.82) is 0 Å². The molecule has 0 aromatic heterocycles. The molecule has 0 aromatic carbocycles. The molecule has 0 saturated heterocycles. The van der Waals surface area contributed by atoms with Gasteiger partial charge < -0.3 is 28.5 Å². The van der Waals surface area contributed by atoms with Crippen LogP contribution in [0.3, 0.4) is 0 Å². The Morgan fingerprint density at radius 1 is 0.145 bits per heavy atom. The first-order chi connectivity index (χ1) is 64.2. The van der Waals surface area contributed by atoms with E-state index in [1.165, 1.54) is 478 Å². The number of carbonyl (C=O) groups is 6. The van der Waals surface area contributed by atoms with Crippen LogP contribution in [-0.4, -0.2) is 69.2 Å². The molecular weight excluding hydrogens is 1620 g/mol. The van der Waals surface area contributed by atoms with E-state index in [-0.39, 0.29) is 29.8 Å². The fourth-order valence-corrected chi connectivity index (χ4v) is 14.4.